The van der Waals surface area contributed by atoms with Crippen LogP contribution in [0.15, 0.2) is 24.3 Å². The number of alkyl halides is 2. The summed E-state index contributed by atoms with van der Waals surface area (Å²) in [6, 6.07) is 7.00. The van der Waals surface area contributed by atoms with Crippen LogP contribution < -0.4 is 5.32 Å². The summed E-state index contributed by atoms with van der Waals surface area (Å²) in [5, 5.41) is 3.34. The Morgan fingerprint density at radius 3 is 2.31 bits per heavy atom. The van der Waals surface area contributed by atoms with E-state index in [4.69, 9.17) is 0 Å². The molecular weight excluding hydrogens is 232 g/mol. The number of halogens is 3. The second-order valence-electron chi connectivity index (χ2n) is 4.16. The first-order valence-corrected chi connectivity index (χ1v) is 5.29. The zero-order chi connectivity index (χ0) is 10.9. The molecule has 1 nitrogen and oxygen atoms in total. The first-order valence-electron chi connectivity index (χ1n) is 5.29. The van der Waals surface area contributed by atoms with Gasteiger partial charge in [0.2, 0.25) is 0 Å². The number of benzene rings is 1. The van der Waals surface area contributed by atoms with Crippen LogP contribution in [0.1, 0.15) is 36.9 Å². The van der Waals surface area contributed by atoms with Crippen molar-refractivity contribution >= 4 is 12.4 Å². The molecule has 0 amide bonds. The summed E-state index contributed by atoms with van der Waals surface area (Å²) < 4.78 is 25.9. The first-order chi connectivity index (χ1) is 7.07. The van der Waals surface area contributed by atoms with Crippen LogP contribution in [0.5, 0.6) is 0 Å². The molecule has 1 N–H and O–H groups in total. The first kappa shape index (κ1) is 13.4. The minimum Gasteiger partial charge on any atom is -0.310 e. The van der Waals surface area contributed by atoms with Crippen molar-refractivity contribution < 1.29 is 8.78 Å². The summed E-state index contributed by atoms with van der Waals surface area (Å²) in [4.78, 5) is 0. The number of hydrogen-bond acceptors (Lipinski definition) is 1. The van der Waals surface area contributed by atoms with Gasteiger partial charge >= 0.3 is 0 Å². The van der Waals surface area contributed by atoms with Gasteiger partial charge < -0.3 is 5.32 Å². The van der Waals surface area contributed by atoms with E-state index in [0.717, 1.165) is 31.9 Å². The molecule has 4 heteroatoms. The fraction of sp³-hybridized carbons (Fsp3) is 0.500. The van der Waals surface area contributed by atoms with Gasteiger partial charge in [0, 0.05) is 18.5 Å². The van der Waals surface area contributed by atoms with E-state index in [1.165, 1.54) is 12.1 Å². The number of rotatable bonds is 2. The van der Waals surface area contributed by atoms with Gasteiger partial charge in [-0.25, -0.2) is 8.78 Å². The van der Waals surface area contributed by atoms with E-state index in [9.17, 15) is 8.78 Å². The maximum absolute atomic E-state index is 12.9. The highest BCUT2D eigenvalue weighted by Crippen LogP contribution is 2.29. The van der Waals surface area contributed by atoms with E-state index in [-0.39, 0.29) is 18.0 Å². The van der Waals surface area contributed by atoms with Crippen molar-refractivity contribution in [3.05, 3.63) is 35.4 Å². The van der Waals surface area contributed by atoms with Crippen molar-refractivity contribution in [2.24, 2.45) is 0 Å². The smallest absolute Gasteiger partial charge is 0.270 e. The Bertz CT molecular complexity index is 326. The largest absolute Gasteiger partial charge is 0.310 e. The molecule has 0 saturated carbocycles. The molecule has 1 unspecified atom stereocenters. The van der Waals surface area contributed by atoms with Crippen LogP contribution in [0, 0.1) is 0 Å². The van der Waals surface area contributed by atoms with Crippen LogP contribution in [-0.4, -0.2) is 6.54 Å². The van der Waals surface area contributed by atoms with Crippen molar-refractivity contribution in [1.29, 1.82) is 0 Å². The van der Waals surface area contributed by atoms with Gasteiger partial charge in [-0.3, -0.25) is 0 Å². The maximum atomic E-state index is 12.9. The van der Waals surface area contributed by atoms with Gasteiger partial charge in [-0.1, -0.05) is 24.3 Å². The minimum absolute atomic E-state index is 0. The lowest BCUT2D eigenvalue weighted by molar-refractivity contribution is 0.0174. The Morgan fingerprint density at radius 1 is 1.25 bits per heavy atom. The van der Waals surface area contributed by atoms with Crippen LogP contribution >= 0.6 is 12.4 Å². The predicted molar refractivity (Wildman–Crippen MR) is 63.2 cm³/mol. The average molecular weight is 248 g/mol. The Balaban J connectivity index is 0.00000128. The quantitative estimate of drug-likeness (QED) is 0.841. The van der Waals surface area contributed by atoms with Crippen LogP contribution in [-0.2, 0) is 5.92 Å². The van der Waals surface area contributed by atoms with Crippen molar-refractivity contribution in [2.45, 2.75) is 31.7 Å². The summed E-state index contributed by atoms with van der Waals surface area (Å²) >= 11 is 0. The molecular formula is C12H16ClF2N. The summed E-state index contributed by atoms with van der Waals surface area (Å²) in [5.74, 6) is -2.73. The van der Waals surface area contributed by atoms with Gasteiger partial charge in [-0.2, -0.15) is 0 Å². The topological polar surface area (TPSA) is 12.0 Å². The molecule has 1 aliphatic heterocycles. The zero-order valence-corrected chi connectivity index (χ0v) is 9.99. The third-order valence-electron chi connectivity index (χ3n) is 2.88. The molecule has 0 radical (unpaired) electrons. The fourth-order valence-electron chi connectivity index (χ4n) is 1.98. The average Bonchev–Trinajstić information content (AvgIpc) is 2.69. The van der Waals surface area contributed by atoms with Crippen LogP contribution in [0.4, 0.5) is 8.78 Å². The number of nitrogens with one attached hydrogen (secondary N) is 1. The lowest BCUT2D eigenvalue weighted by Crippen LogP contribution is -2.13. The second kappa shape index (κ2) is 5.11. The molecule has 0 bridgehead atoms. The minimum atomic E-state index is -2.73. The van der Waals surface area contributed by atoms with Crippen LogP contribution in [0.2, 0.25) is 0 Å². The van der Waals surface area contributed by atoms with Crippen molar-refractivity contribution in [3.63, 3.8) is 0 Å². The molecule has 16 heavy (non-hydrogen) atoms. The van der Waals surface area contributed by atoms with Crippen molar-refractivity contribution in [1.82, 2.24) is 5.32 Å². The summed E-state index contributed by atoms with van der Waals surface area (Å²) in [7, 11) is 0. The van der Waals surface area contributed by atoms with Gasteiger partial charge in [0.15, 0.2) is 0 Å². The van der Waals surface area contributed by atoms with Crippen molar-refractivity contribution in [2.75, 3.05) is 6.54 Å². The molecule has 1 aliphatic rings. The molecule has 1 aromatic rings. The normalized spacial score (nSPS) is 20.6. The van der Waals surface area contributed by atoms with E-state index in [1.807, 2.05) is 0 Å². The lowest BCUT2D eigenvalue weighted by Gasteiger charge is -2.14. The molecule has 0 aromatic heterocycles. The molecule has 1 aromatic carbocycles. The monoisotopic (exact) mass is 247 g/mol. The highest BCUT2D eigenvalue weighted by Gasteiger charge is 2.24. The second-order valence-corrected chi connectivity index (χ2v) is 4.16. The molecule has 90 valence electrons. The Kier molecular flexibility index (Phi) is 4.28. The van der Waals surface area contributed by atoms with E-state index < -0.39 is 5.92 Å². The van der Waals surface area contributed by atoms with E-state index in [2.05, 4.69) is 5.32 Å². The van der Waals surface area contributed by atoms with E-state index in [1.54, 1.807) is 12.1 Å². The lowest BCUT2D eigenvalue weighted by atomic mass is 10.0. The number of hydrogen-bond donors (Lipinski definition) is 1. The van der Waals surface area contributed by atoms with Crippen LogP contribution in [0.25, 0.3) is 0 Å². The molecule has 0 spiro atoms. The molecule has 0 aliphatic carbocycles. The Hall–Kier alpha value is -0.670. The third kappa shape index (κ3) is 2.92. The highest BCUT2D eigenvalue weighted by molar-refractivity contribution is 5.85. The van der Waals surface area contributed by atoms with Gasteiger partial charge in [-0.05, 0) is 24.9 Å². The highest BCUT2D eigenvalue weighted by atomic mass is 35.5. The SMILES string of the molecule is CC(F)(F)c1ccc(C2CCCN2)cc1.Cl. The molecule has 1 atom stereocenters. The predicted octanol–water partition coefficient (Wildman–Crippen LogP) is 3.64. The third-order valence-corrected chi connectivity index (χ3v) is 2.88. The summed E-state index contributed by atoms with van der Waals surface area (Å²) in [6.45, 7) is 1.95. The standard InChI is InChI=1S/C12H15F2N.ClH/c1-12(13,14)10-6-4-9(5-7-10)11-3-2-8-15-11;/h4-7,11,15H,2-3,8H2,1H3;1H. The van der Waals surface area contributed by atoms with Crippen molar-refractivity contribution in [3.8, 4) is 0 Å². The van der Waals surface area contributed by atoms with E-state index in [0.29, 0.717) is 6.04 Å². The summed E-state index contributed by atoms with van der Waals surface area (Å²) in [5.41, 5.74) is 1.20. The Labute approximate surface area is 101 Å². The molecule has 1 fully saturated rings. The van der Waals surface area contributed by atoms with E-state index >= 15 is 0 Å². The van der Waals surface area contributed by atoms with Gasteiger partial charge in [0.1, 0.15) is 0 Å². The molecule has 1 heterocycles. The fourth-order valence-corrected chi connectivity index (χ4v) is 1.98. The maximum Gasteiger partial charge on any atom is 0.270 e. The van der Waals surface area contributed by atoms with Gasteiger partial charge in [0.25, 0.3) is 5.92 Å². The zero-order valence-electron chi connectivity index (χ0n) is 9.17. The molecule has 1 saturated heterocycles. The van der Waals surface area contributed by atoms with Crippen LogP contribution in [0.3, 0.4) is 0 Å². The molecule has 2 rings (SSSR count). The van der Waals surface area contributed by atoms with Gasteiger partial charge in [-0.15, -0.1) is 12.4 Å². The van der Waals surface area contributed by atoms with Gasteiger partial charge in [0.05, 0.1) is 0 Å². The Morgan fingerprint density at radius 2 is 1.88 bits per heavy atom. The summed E-state index contributed by atoms with van der Waals surface area (Å²) in [6.07, 6.45) is 2.26.